The Balaban J connectivity index is 2.14. The summed E-state index contributed by atoms with van der Waals surface area (Å²) in [6.45, 7) is 5.23. The minimum atomic E-state index is -0.923. The number of para-hydroxylation sites is 1. The second kappa shape index (κ2) is 11.1. The highest BCUT2D eigenvalue weighted by Crippen LogP contribution is 2.27. The van der Waals surface area contributed by atoms with Gasteiger partial charge in [-0.25, -0.2) is 0 Å². The first-order valence-corrected chi connectivity index (χ1v) is 9.66. The number of nitrogens with one attached hydrogen (secondary N) is 1. The lowest BCUT2D eigenvalue weighted by Crippen LogP contribution is -2.38. The van der Waals surface area contributed by atoms with E-state index < -0.39 is 28.9 Å². The molecule has 1 amide bonds. The Morgan fingerprint density at radius 2 is 1.67 bits per heavy atom. The lowest BCUT2D eigenvalue weighted by atomic mass is 10.0. The molecule has 0 spiro atoms. The number of carbonyl (C=O) groups excluding carboxylic acids is 2. The molecule has 1 N–H and O–H groups in total. The van der Waals surface area contributed by atoms with Crippen molar-refractivity contribution in [3.05, 3.63) is 75.8 Å². The van der Waals surface area contributed by atoms with E-state index in [0.717, 1.165) is 5.56 Å². The molecular formula is C22H26N2O6. The van der Waals surface area contributed by atoms with Gasteiger partial charge in [0.25, 0.3) is 5.69 Å². The monoisotopic (exact) mass is 414 g/mol. The number of rotatable bonds is 10. The van der Waals surface area contributed by atoms with Crippen LogP contribution in [0.15, 0.2) is 54.6 Å². The molecule has 8 nitrogen and oxygen atoms in total. The SMILES string of the molecule is CC(C)OC(=O)CC(NC(=O)C(C)OCc1ccccc1)c1ccccc1[N+](=O)[O-]. The van der Waals surface area contributed by atoms with E-state index in [0.29, 0.717) is 0 Å². The standard InChI is InChI=1S/C22H26N2O6/c1-15(2)30-21(25)13-19(18-11-7-8-12-20(18)24(27)28)23-22(26)16(3)29-14-17-9-5-4-6-10-17/h4-12,15-16,19H,13-14H2,1-3H3,(H,23,26). The van der Waals surface area contributed by atoms with Crippen molar-refractivity contribution in [1.82, 2.24) is 5.32 Å². The zero-order chi connectivity index (χ0) is 22.1. The molecule has 0 radical (unpaired) electrons. The predicted molar refractivity (Wildman–Crippen MR) is 111 cm³/mol. The van der Waals surface area contributed by atoms with Crippen LogP contribution >= 0.6 is 0 Å². The number of amides is 1. The van der Waals surface area contributed by atoms with E-state index in [4.69, 9.17) is 9.47 Å². The van der Waals surface area contributed by atoms with Crippen molar-refractivity contribution < 1.29 is 24.0 Å². The number of hydrogen-bond acceptors (Lipinski definition) is 6. The molecule has 0 saturated carbocycles. The van der Waals surface area contributed by atoms with Crippen molar-refractivity contribution in [3.8, 4) is 0 Å². The second-order valence-corrected chi connectivity index (χ2v) is 7.06. The fraction of sp³-hybridized carbons (Fsp3) is 0.364. The van der Waals surface area contributed by atoms with Gasteiger partial charge in [0, 0.05) is 6.07 Å². The number of hydrogen-bond donors (Lipinski definition) is 1. The summed E-state index contributed by atoms with van der Waals surface area (Å²) in [5.41, 5.74) is 0.956. The quantitative estimate of drug-likeness (QED) is 0.361. The summed E-state index contributed by atoms with van der Waals surface area (Å²) in [4.78, 5) is 35.8. The van der Waals surface area contributed by atoms with E-state index in [1.807, 2.05) is 30.3 Å². The van der Waals surface area contributed by atoms with Crippen LogP contribution in [0.2, 0.25) is 0 Å². The minimum absolute atomic E-state index is 0.182. The Hall–Kier alpha value is -3.26. The summed E-state index contributed by atoms with van der Waals surface area (Å²) >= 11 is 0. The molecule has 2 rings (SSSR count). The van der Waals surface area contributed by atoms with Crippen molar-refractivity contribution in [3.63, 3.8) is 0 Å². The average Bonchev–Trinajstić information content (AvgIpc) is 2.71. The fourth-order valence-corrected chi connectivity index (χ4v) is 2.83. The number of carbonyl (C=O) groups is 2. The lowest BCUT2D eigenvalue weighted by Gasteiger charge is -2.21. The van der Waals surface area contributed by atoms with E-state index in [-0.39, 0.29) is 30.4 Å². The maximum Gasteiger partial charge on any atom is 0.308 e. The van der Waals surface area contributed by atoms with Crippen LogP contribution < -0.4 is 5.32 Å². The number of nitro groups is 1. The van der Waals surface area contributed by atoms with Crippen LogP contribution in [0.1, 0.15) is 44.4 Å². The van der Waals surface area contributed by atoms with Crippen LogP contribution in [0, 0.1) is 10.1 Å². The molecule has 30 heavy (non-hydrogen) atoms. The molecule has 2 aromatic carbocycles. The Bertz CT molecular complexity index is 869. The first kappa shape index (κ1) is 23.0. The molecule has 0 aromatic heterocycles. The van der Waals surface area contributed by atoms with Crippen LogP contribution in [0.25, 0.3) is 0 Å². The lowest BCUT2D eigenvalue weighted by molar-refractivity contribution is -0.385. The first-order valence-electron chi connectivity index (χ1n) is 9.66. The predicted octanol–water partition coefficient (Wildman–Crippen LogP) is 3.70. The van der Waals surface area contributed by atoms with Gasteiger partial charge in [-0.3, -0.25) is 19.7 Å². The third kappa shape index (κ3) is 6.97. The Morgan fingerprint density at radius 3 is 2.30 bits per heavy atom. The van der Waals surface area contributed by atoms with Crippen molar-refractivity contribution in [1.29, 1.82) is 0 Å². The van der Waals surface area contributed by atoms with E-state index in [1.54, 1.807) is 26.8 Å². The molecule has 0 saturated heterocycles. The molecule has 0 fully saturated rings. The summed E-state index contributed by atoms with van der Waals surface area (Å²) in [6.07, 6.45) is -1.40. The summed E-state index contributed by atoms with van der Waals surface area (Å²) in [5, 5.41) is 14.1. The van der Waals surface area contributed by atoms with Gasteiger partial charge < -0.3 is 14.8 Å². The first-order chi connectivity index (χ1) is 14.3. The maximum absolute atomic E-state index is 12.7. The van der Waals surface area contributed by atoms with Gasteiger partial charge >= 0.3 is 5.97 Å². The fourth-order valence-electron chi connectivity index (χ4n) is 2.83. The summed E-state index contributed by atoms with van der Waals surface area (Å²) in [5.74, 6) is -1.04. The third-order valence-corrected chi connectivity index (χ3v) is 4.28. The number of ether oxygens (including phenoxy) is 2. The van der Waals surface area contributed by atoms with E-state index in [9.17, 15) is 19.7 Å². The molecule has 2 atom stereocenters. The molecule has 2 unspecified atom stereocenters. The van der Waals surface area contributed by atoms with Crippen LogP contribution in [-0.4, -0.2) is 29.0 Å². The summed E-state index contributed by atoms with van der Waals surface area (Å²) in [7, 11) is 0. The molecule has 160 valence electrons. The molecule has 0 bridgehead atoms. The highest BCUT2D eigenvalue weighted by Gasteiger charge is 2.28. The Labute approximate surface area is 175 Å². The highest BCUT2D eigenvalue weighted by atomic mass is 16.6. The summed E-state index contributed by atoms with van der Waals surface area (Å²) < 4.78 is 10.8. The molecule has 8 heteroatoms. The van der Waals surface area contributed by atoms with Crippen LogP contribution in [0.3, 0.4) is 0 Å². The van der Waals surface area contributed by atoms with Crippen LogP contribution in [0.4, 0.5) is 5.69 Å². The topological polar surface area (TPSA) is 108 Å². The Kier molecular flexibility index (Phi) is 8.49. The van der Waals surface area contributed by atoms with E-state index in [2.05, 4.69) is 5.32 Å². The zero-order valence-corrected chi connectivity index (χ0v) is 17.2. The van der Waals surface area contributed by atoms with Crippen molar-refractivity contribution in [2.45, 2.75) is 52.0 Å². The molecule has 0 aliphatic rings. The number of nitrogens with zero attached hydrogens (tertiary/aromatic N) is 1. The van der Waals surface area contributed by atoms with Gasteiger partial charge in [0.1, 0.15) is 6.10 Å². The number of esters is 1. The van der Waals surface area contributed by atoms with Gasteiger partial charge in [0.15, 0.2) is 0 Å². The average molecular weight is 414 g/mol. The molecule has 0 aliphatic heterocycles. The van der Waals surface area contributed by atoms with Crippen molar-refractivity contribution in [2.75, 3.05) is 0 Å². The number of benzene rings is 2. The molecule has 0 heterocycles. The minimum Gasteiger partial charge on any atom is -0.463 e. The zero-order valence-electron chi connectivity index (χ0n) is 17.2. The van der Waals surface area contributed by atoms with E-state index in [1.165, 1.54) is 18.2 Å². The van der Waals surface area contributed by atoms with Gasteiger partial charge in [-0.05, 0) is 26.3 Å². The third-order valence-electron chi connectivity index (χ3n) is 4.28. The van der Waals surface area contributed by atoms with Crippen LogP contribution in [-0.2, 0) is 25.7 Å². The van der Waals surface area contributed by atoms with Crippen molar-refractivity contribution in [2.24, 2.45) is 0 Å². The Morgan fingerprint density at radius 1 is 1.03 bits per heavy atom. The summed E-state index contributed by atoms with van der Waals surface area (Å²) in [6, 6.07) is 14.4. The molecular weight excluding hydrogens is 388 g/mol. The smallest absolute Gasteiger partial charge is 0.308 e. The van der Waals surface area contributed by atoms with Gasteiger partial charge in [-0.15, -0.1) is 0 Å². The largest absolute Gasteiger partial charge is 0.463 e. The van der Waals surface area contributed by atoms with Gasteiger partial charge in [-0.1, -0.05) is 48.5 Å². The second-order valence-electron chi connectivity index (χ2n) is 7.06. The normalized spacial score (nSPS) is 12.8. The van der Waals surface area contributed by atoms with E-state index >= 15 is 0 Å². The molecule has 2 aromatic rings. The van der Waals surface area contributed by atoms with Gasteiger partial charge in [-0.2, -0.15) is 0 Å². The van der Waals surface area contributed by atoms with Gasteiger partial charge in [0.05, 0.1) is 35.7 Å². The maximum atomic E-state index is 12.7. The van der Waals surface area contributed by atoms with Crippen LogP contribution in [0.5, 0.6) is 0 Å². The van der Waals surface area contributed by atoms with Gasteiger partial charge in [0.2, 0.25) is 5.91 Å². The molecule has 0 aliphatic carbocycles. The van der Waals surface area contributed by atoms with Crippen molar-refractivity contribution >= 4 is 17.6 Å². The highest BCUT2D eigenvalue weighted by molar-refractivity contribution is 5.82. The number of nitro benzene ring substituents is 1.